The number of hydrogen-bond acceptors (Lipinski definition) is 2. The first-order valence-electron chi connectivity index (χ1n) is 3.90. The van der Waals surface area contributed by atoms with Crippen molar-refractivity contribution in [2.45, 2.75) is 11.8 Å². The van der Waals surface area contributed by atoms with Crippen LogP contribution in [0.2, 0.25) is 0 Å². The maximum atomic E-state index is 3.98. The third-order valence-electron chi connectivity index (χ3n) is 2.14. The average Bonchev–Trinajstić information content (AvgIpc) is 2.29. The molecular weight excluding hydrogens is 166 g/mol. The number of thioether (sulfide) groups is 1. The van der Waals surface area contributed by atoms with Crippen molar-refractivity contribution in [3.63, 3.8) is 0 Å². The Hall–Kier alpha value is -0.890. The quantitative estimate of drug-likeness (QED) is 0.599. The molecule has 1 aromatic rings. The summed E-state index contributed by atoms with van der Waals surface area (Å²) in [7, 11) is 2.06. The summed E-state index contributed by atoms with van der Waals surface area (Å²) in [5.41, 5.74) is 2.63. The number of hydrogen-bond donors (Lipinski definition) is 0. The fraction of sp³-hybridized carbons (Fsp3) is 0.200. The van der Waals surface area contributed by atoms with Crippen LogP contribution >= 0.6 is 11.8 Å². The molecule has 0 radical (unpaired) electrons. The van der Waals surface area contributed by atoms with Gasteiger partial charge < -0.3 is 4.90 Å². The molecule has 0 saturated carbocycles. The van der Waals surface area contributed by atoms with E-state index in [9.17, 15) is 0 Å². The molecule has 2 rings (SSSR count). The number of anilines is 1. The van der Waals surface area contributed by atoms with Gasteiger partial charge in [0, 0.05) is 11.9 Å². The van der Waals surface area contributed by atoms with Gasteiger partial charge in [-0.3, -0.25) is 0 Å². The molecule has 0 unspecified atom stereocenters. The van der Waals surface area contributed by atoms with Crippen molar-refractivity contribution in [2.24, 2.45) is 0 Å². The Morgan fingerprint density at radius 1 is 1.42 bits per heavy atom. The molecular formula is C10H11NS. The molecule has 12 heavy (non-hydrogen) atoms. The highest BCUT2D eigenvalue weighted by molar-refractivity contribution is 8.03. The summed E-state index contributed by atoms with van der Waals surface area (Å²) in [6.07, 6.45) is 0. The number of nitrogens with zero attached hydrogens (tertiary/aromatic N) is 1. The van der Waals surface area contributed by atoms with Gasteiger partial charge in [-0.25, -0.2) is 0 Å². The van der Waals surface area contributed by atoms with Gasteiger partial charge in [0.2, 0.25) is 0 Å². The van der Waals surface area contributed by atoms with Crippen molar-refractivity contribution in [3.8, 4) is 0 Å². The van der Waals surface area contributed by atoms with Crippen LogP contribution in [0.4, 0.5) is 5.69 Å². The SMILES string of the molecule is C=C1Sc2cccc(C)c2N1C. The molecule has 0 bridgehead atoms. The fourth-order valence-corrected chi connectivity index (χ4v) is 2.49. The van der Waals surface area contributed by atoms with E-state index in [-0.39, 0.29) is 0 Å². The third kappa shape index (κ3) is 0.950. The fourth-order valence-electron chi connectivity index (χ4n) is 1.46. The van der Waals surface area contributed by atoms with Crippen molar-refractivity contribution in [1.29, 1.82) is 0 Å². The summed E-state index contributed by atoms with van der Waals surface area (Å²) in [6, 6.07) is 6.36. The normalized spacial score (nSPS) is 15.2. The minimum absolute atomic E-state index is 1.11. The lowest BCUT2D eigenvalue weighted by atomic mass is 10.2. The van der Waals surface area contributed by atoms with Gasteiger partial charge in [0.15, 0.2) is 0 Å². The van der Waals surface area contributed by atoms with E-state index in [1.165, 1.54) is 16.1 Å². The summed E-state index contributed by atoms with van der Waals surface area (Å²) in [5.74, 6) is 0. The second-order valence-corrected chi connectivity index (χ2v) is 4.09. The van der Waals surface area contributed by atoms with Crippen LogP contribution in [0.1, 0.15) is 5.56 Å². The van der Waals surface area contributed by atoms with Crippen molar-refractivity contribution < 1.29 is 0 Å². The first-order valence-corrected chi connectivity index (χ1v) is 4.72. The Morgan fingerprint density at radius 3 is 2.83 bits per heavy atom. The molecule has 0 atom stereocenters. The molecule has 1 aliphatic rings. The van der Waals surface area contributed by atoms with E-state index in [4.69, 9.17) is 0 Å². The highest BCUT2D eigenvalue weighted by Gasteiger charge is 2.21. The maximum Gasteiger partial charge on any atom is 0.0725 e. The zero-order chi connectivity index (χ0) is 8.72. The number of benzene rings is 1. The molecule has 62 valence electrons. The third-order valence-corrected chi connectivity index (χ3v) is 3.20. The van der Waals surface area contributed by atoms with E-state index in [0.717, 1.165) is 5.03 Å². The van der Waals surface area contributed by atoms with E-state index in [0.29, 0.717) is 0 Å². The molecule has 1 heterocycles. The zero-order valence-corrected chi connectivity index (χ0v) is 8.11. The highest BCUT2D eigenvalue weighted by atomic mass is 32.2. The van der Waals surface area contributed by atoms with Gasteiger partial charge in [-0.05, 0) is 18.6 Å². The number of aryl methyl sites for hydroxylation is 1. The summed E-state index contributed by atoms with van der Waals surface area (Å²) in [4.78, 5) is 3.47. The lowest BCUT2D eigenvalue weighted by Gasteiger charge is -2.14. The molecule has 0 N–H and O–H groups in total. The van der Waals surface area contributed by atoms with Gasteiger partial charge in [-0.1, -0.05) is 30.5 Å². The van der Waals surface area contributed by atoms with Crippen LogP contribution in [0.3, 0.4) is 0 Å². The van der Waals surface area contributed by atoms with E-state index in [2.05, 4.69) is 43.6 Å². The van der Waals surface area contributed by atoms with Gasteiger partial charge in [-0.2, -0.15) is 0 Å². The second-order valence-electron chi connectivity index (χ2n) is 2.98. The van der Waals surface area contributed by atoms with Crippen LogP contribution in [0, 0.1) is 6.92 Å². The van der Waals surface area contributed by atoms with E-state index in [1.807, 2.05) is 0 Å². The van der Waals surface area contributed by atoms with Gasteiger partial charge in [0.1, 0.15) is 0 Å². The Balaban J connectivity index is 2.62. The largest absolute Gasteiger partial charge is 0.338 e. The van der Waals surface area contributed by atoms with Crippen LogP contribution < -0.4 is 4.90 Å². The van der Waals surface area contributed by atoms with E-state index >= 15 is 0 Å². The monoisotopic (exact) mass is 177 g/mol. The van der Waals surface area contributed by atoms with E-state index in [1.54, 1.807) is 11.8 Å². The predicted molar refractivity (Wildman–Crippen MR) is 54.6 cm³/mol. The lowest BCUT2D eigenvalue weighted by Crippen LogP contribution is -2.09. The summed E-state index contributed by atoms with van der Waals surface area (Å²) in [5, 5.41) is 1.11. The smallest absolute Gasteiger partial charge is 0.0725 e. The topological polar surface area (TPSA) is 3.24 Å². The molecule has 0 saturated heterocycles. The van der Waals surface area contributed by atoms with Crippen molar-refractivity contribution >= 4 is 17.4 Å². The molecule has 1 nitrogen and oxygen atoms in total. The maximum absolute atomic E-state index is 3.98. The first kappa shape index (κ1) is 7.74. The van der Waals surface area contributed by atoms with Crippen LogP contribution in [0.5, 0.6) is 0 Å². The zero-order valence-electron chi connectivity index (χ0n) is 7.29. The van der Waals surface area contributed by atoms with Crippen molar-refractivity contribution in [2.75, 3.05) is 11.9 Å². The minimum atomic E-state index is 1.11. The van der Waals surface area contributed by atoms with Crippen molar-refractivity contribution in [1.82, 2.24) is 0 Å². The van der Waals surface area contributed by atoms with Crippen LogP contribution in [-0.4, -0.2) is 7.05 Å². The molecule has 1 aromatic carbocycles. The Kier molecular flexibility index (Phi) is 1.65. The average molecular weight is 177 g/mol. The minimum Gasteiger partial charge on any atom is -0.338 e. The van der Waals surface area contributed by atoms with Crippen LogP contribution in [0.15, 0.2) is 34.7 Å². The number of fused-ring (bicyclic) bond motifs is 1. The van der Waals surface area contributed by atoms with Crippen molar-refractivity contribution in [3.05, 3.63) is 35.4 Å². The first-order chi connectivity index (χ1) is 5.70. The molecule has 0 fully saturated rings. The van der Waals surface area contributed by atoms with Crippen LogP contribution in [0.25, 0.3) is 0 Å². The predicted octanol–water partition coefficient (Wildman–Crippen LogP) is 3.01. The lowest BCUT2D eigenvalue weighted by molar-refractivity contribution is 1.15. The standard InChI is InChI=1S/C10H11NS/c1-7-5-4-6-9-10(7)11(3)8(2)12-9/h4-6H,2H2,1,3H3. The summed E-state index contributed by atoms with van der Waals surface area (Å²) in [6.45, 7) is 6.11. The molecule has 1 aliphatic heterocycles. The van der Waals surface area contributed by atoms with Gasteiger partial charge in [0.05, 0.1) is 10.7 Å². The number of para-hydroxylation sites is 1. The Bertz CT molecular complexity index is 344. The molecule has 0 aromatic heterocycles. The van der Waals surface area contributed by atoms with Gasteiger partial charge in [0.25, 0.3) is 0 Å². The summed E-state index contributed by atoms with van der Waals surface area (Å²) >= 11 is 1.74. The van der Waals surface area contributed by atoms with Gasteiger partial charge >= 0.3 is 0 Å². The molecule has 0 spiro atoms. The Morgan fingerprint density at radius 2 is 2.17 bits per heavy atom. The van der Waals surface area contributed by atoms with Gasteiger partial charge in [-0.15, -0.1) is 0 Å². The van der Waals surface area contributed by atoms with Crippen LogP contribution in [-0.2, 0) is 0 Å². The molecule has 0 aliphatic carbocycles. The van der Waals surface area contributed by atoms with E-state index < -0.39 is 0 Å². The molecule has 0 amide bonds. The summed E-state index contributed by atoms with van der Waals surface area (Å²) < 4.78 is 0. The second kappa shape index (κ2) is 2.56. The molecule has 2 heteroatoms. The number of rotatable bonds is 0. The highest BCUT2D eigenvalue weighted by Crippen LogP contribution is 2.45. The Labute approximate surface area is 77.1 Å².